The van der Waals surface area contributed by atoms with Crippen LogP contribution in [0.1, 0.15) is 65.2 Å². The molecule has 0 fully saturated rings. The first-order valence-corrected chi connectivity index (χ1v) is 24.2. The highest BCUT2D eigenvalue weighted by molar-refractivity contribution is 6.50. The zero-order valence-corrected chi connectivity index (χ0v) is 39.0. The molecular formula is C66H44N4O2. The summed E-state index contributed by atoms with van der Waals surface area (Å²) in [6.45, 7) is 0. The van der Waals surface area contributed by atoms with Crippen molar-refractivity contribution in [3.05, 3.63) is 298 Å². The van der Waals surface area contributed by atoms with Crippen molar-refractivity contribution >= 4 is 34.0 Å². The third-order valence-electron chi connectivity index (χ3n) is 15.0. The Morgan fingerprint density at radius 3 is 0.750 bits per heavy atom. The number of carbonyl (C=O) groups is 2. The summed E-state index contributed by atoms with van der Waals surface area (Å²) in [4.78, 5) is 36.9. The fourth-order valence-corrected chi connectivity index (χ4v) is 12.1. The van der Waals surface area contributed by atoms with Crippen molar-refractivity contribution in [2.75, 3.05) is 11.5 Å². The number of rotatable bonds is 0. The number of para-hydroxylation sites is 4. The monoisotopic (exact) mass is 924 g/mol. The van der Waals surface area contributed by atoms with Crippen LogP contribution in [0.15, 0.2) is 243 Å². The fraction of sp³-hybridized carbons (Fsp3) is 0.0303. The molecule has 4 N–H and O–H groups in total. The standard InChI is InChI=1S/C33H20N2.C27H16O2.C6H8N2/c1-5-15-25-21(11-1)22-12-2-6-16-26(22)33(25)27-17-7-3-13-23(27)31-32(24-14-4-8-18-28(24)33)35-30-20-10-9-19-29(30)34-31;28-25-19-11-3-7-15-23(19)27(24-16-8-4-12-20(24)26(25)29)21-13-5-1-9-17(21)18-10-2-6-14-22(18)27;7-5-3-1-2-4-6(5)8/h1-20H;1-16H;1-4H,7-8H2. The van der Waals surface area contributed by atoms with Crippen LogP contribution in [0.4, 0.5) is 11.4 Å². The average Bonchev–Trinajstić information content (AvgIpc) is 3.85. The normalized spacial score (nSPS) is 13.9. The molecule has 1 aromatic heterocycles. The molecular weight excluding hydrogens is 881 g/mol. The van der Waals surface area contributed by atoms with Crippen molar-refractivity contribution in [3.63, 3.8) is 0 Å². The Bertz CT molecular complexity index is 3780. The Labute approximate surface area is 417 Å². The Kier molecular flexibility index (Phi) is 9.80. The molecule has 11 aromatic rings. The first-order valence-electron chi connectivity index (χ1n) is 24.2. The molecule has 0 saturated heterocycles. The SMILES string of the molecule is Nc1ccccc1N.O=C1C(=O)c2ccccc2C2(c3ccccc31)c1ccccc1-c1ccccc12.c1ccc2c(c1)-c1ccccc1C21c2ccccc2-c2nc3ccccc3nc2-c2ccccc21. The first kappa shape index (κ1) is 42.6. The molecule has 0 saturated carbocycles. The Balaban J connectivity index is 0.000000123. The highest BCUT2D eigenvalue weighted by atomic mass is 16.2. The van der Waals surface area contributed by atoms with Crippen molar-refractivity contribution in [2.24, 2.45) is 0 Å². The van der Waals surface area contributed by atoms with E-state index in [2.05, 4.69) is 133 Å². The van der Waals surface area contributed by atoms with E-state index >= 15 is 0 Å². The second kappa shape index (κ2) is 16.6. The zero-order chi connectivity index (χ0) is 48.6. The van der Waals surface area contributed by atoms with Crippen LogP contribution >= 0.6 is 0 Å². The van der Waals surface area contributed by atoms with Crippen LogP contribution in [0.5, 0.6) is 0 Å². The van der Waals surface area contributed by atoms with Gasteiger partial charge in [0, 0.05) is 22.3 Å². The Morgan fingerprint density at radius 1 is 0.250 bits per heavy atom. The minimum atomic E-state index is -0.692. The van der Waals surface area contributed by atoms with Gasteiger partial charge in [-0.25, -0.2) is 9.97 Å². The van der Waals surface area contributed by atoms with E-state index < -0.39 is 22.4 Å². The van der Waals surface area contributed by atoms with E-state index in [4.69, 9.17) is 21.4 Å². The summed E-state index contributed by atoms with van der Waals surface area (Å²) >= 11 is 0. The van der Waals surface area contributed by atoms with E-state index in [0.717, 1.165) is 66.9 Å². The van der Waals surface area contributed by atoms with Crippen molar-refractivity contribution in [3.8, 4) is 44.8 Å². The highest BCUT2D eigenvalue weighted by Crippen LogP contribution is 2.61. The summed E-state index contributed by atoms with van der Waals surface area (Å²) in [5.41, 5.74) is 32.0. The number of anilines is 2. The number of nitrogens with zero attached hydrogens (tertiary/aromatic N) is 2. The fourth-order valence-electron chi connectivity index (χ4n) is 12.1. The highest BCUT2D eigenvalue weighted by Gasteiger charge is 2.52. The van der Waals surface area contributed by atoms with Gasteiger partial charge in [0.25, 0.3) is 0 Å². The molecule has 0 amide bonds. The van der Waals surface area contributed by atoms with Gasteiger partial charge in [-0.15, -0.1) is 0 Å². The van der Waals surface area contributed by atoms with Crippen LogP contribution in [-0.2, 0) is 10.8 Å². The van der Waals surface area contributed by atoms with Crippen LogP contribution in [0.2, 0.25) is 0 Å². The van der Waals surface area contributed by atoms with Gasteiger partial charge in [0.05, 0.1) is 44.6 Å². The molecule has 0 unspecified atom stereocenters. The minimum Gasteiger partial charge on any atom is -0.397 e. The number of nitrogens with two attached hydrogens (primary N) is 2. The molecule has 1 heterocycles. The van der Waals surface area contributed by atoms with Crippen LogP contribution in [0.25, 0.3) is 55.8 Å². The third-order valence-corrected chi connectivity index (χ3v) is 15.0. The molecule has 6 heteroatoms. The number of hydrogen-bond acceptors (Lipinski definition) is 6. The summed E-state index contributed by atoms with van der Waals surface area (Å²) in [5.74, 6) is -0.876. The average molecular weight is 925 g/mol. The predicted molar refractivity (Wildman–Crippen MR) is 289 cm³/mol. The topological polar surface area (TPSA) is 112 Å². The number of carbonyl (C=O) groups excluding carboxylic acids is 2. The number of benzene rings is 10. The van der Waals surface area contributed by atoms with Crippen molar-refractivity contribution < 1.29 is 9.59 Å². The lowest BCUT2D eigenvalue weighted by molar-refractivity contribution is 0.0817. The molecule has 0 aliphatic heterocycles. The largest absolute Gasteiger partial charge is 0.397 e. The lowest BCUT2D eigenvalue weighted by Crippen LogP contribution is -2.30. The summed E-state index contributed by atoms with van der Waals surface area (Å²) in [6, 6.07) is 82.6. The predicted octanol–water partition coefficient (Wildman–Crippen LogP) is 13.9. The number of Topliss-reactive ketones (excluding diaryl/α,β-unsaturated/α-hetero) is 2. The number of fused-ring (bicyclic) bond motifs is 22. The van der Waals surface area contributed by atoms with Crippen molar-refractivity contribution in [1.29, 1.82) is 0 Å². The minimum absolute atomic E-state index is 0.438. The summed E-state index contributed by atoms with van der Waals surface area (Å²) in [6.07, 6.45) is 0. The molecule has 10 aromatic carbocycles. The first-order chi connectivity index (χ1) is 35.4. The van der Waals surface area contributed by atoms with Gasteiger partial charge in [-0.05, 0) is 91.0 Å². The zero-order valence-electron chi connectivity index (χ0n) is 39.0. The second-order valence-electron chi connectivity index (χ2n) is 18.6. The summed E-state index contributed by atoms with van der Waals surface area (Å²) in [5, 5.41) is 0. The van der Waals surface area contributed by atoms with Gasteiger partial charge in [0.2, 0.25) is 11.6 Å². The maximum absolute atomic E-state index is 13.2. The molecule has 4 aliphatic rings. The molecule has 0 atom stereocenters. The van der Waals surface area contributed by atoms with E-state index in [1.165, 1.54) is 33.4 Å². The number of aromatic nitrogens is 2. The summed E-state index contributed by atoms with van der Waals surface area (Å²) in [7, 11) is 0. The van der Waals surface area contributed by atoms with Gasteiger partial charge >= 0.3 is 0 Å². The number of nitrogen functional groups attached to an aromatic ring is 2. The second-order valence-corrected chi connectivity index (χ2v) is 18.6. The molecule has 6 nitrogen and oxygen atoms in total. The molecule has 0 bridgehead atoms. The lowest BCUT2D eigenvalue weighted by atomic mass is 9.66. The lowest BCUT2D eigenvalue weighted by Gasteiger charge is -2.35. The van der Waals surface area contributed by atoms with Gasteiger partial charge in [0.15, 0.2) is 0 Å². The van der Waals surface area contributed by atoms with Crippen LogP contribution in [-0.4, -0.2) is 21.5 Å². The van der Waals surface area contributed by atoms with Crippen LogP contribution < -0.4 is 11.5 Å². The van der Waals surface area contributed by atoms with E-state index in [0.29, 0.717) is 22.5 Å². The molecule has 15 rings (SSSR count). The molecule has 4 aliphatic carbocycles. The maximum atomic E-state index is 13.2. The summed E-state index contributed by atoms with van der Waals surface area (Å²) < 4.78 is 0. The number of hydrogen-bond donors (Lipinski definition) is 2. The number of ketones is 2. The van der Waals surface area contributed by atoms with Crippen LogP contribution in [0, 0.1) is 0 Å². The van der Waals surface area contributed by atoms with Gasteiger partial charge in [0.1, 0.15) is 0 Å². The van der Waals surface area contributed by atoms with E-state index in [1.54, 1.807) is 24.3 Å². The molecule has 340 valence electrons. The smallest absolute Gasteiger partial charge is 0.233 e. The molecule has 0 radical (unpaired) electrons. The van der Waals surface area contributed by atoms with Gasteiger partial charge in [-0.2, -0.15) is 0 Å². The Morgan fingerprint density at radius 2 is 0.458 bits per heavy atom. The van der Waals surface area contributed by atoms with E-state index in [-0.39, 0.29) is 0 Å². The van der Waals surface area contributed by atoms with Gasteiger partial charge in [-0.3, -0.25) is 9.59 Å². The van der Waals surface area contributed by atoms with E-state index in [1.807, 2.05) is 84.9 Å². The van der Waals surface area contributed by atoms with Crippen molar-refractivity contribution in [1.82, 2.24) is 9.97 Å². The van der Waals surface area contributed by atoms with Crippen LogP contribution in [0.3, 0.4) is 0 Å². The molecule has 2 spiro atoms. The maximum Gasteiger partial charge on any atom is 0.233 e. The Hall–Kier alpha value is -9.52. The van der Waals surface area contributed by atoms with Crippen molar-refractivity contribution in [2.45, 2.75) is 10.8 Å². The molecule has 72 heavy (non-hydrogen) atoms. The third kappa shape index (κ3) is 6.02. The van der Waals surface area contributed by atoms with Gasteiger partial charge in [-0.1, -0.05) is 218 Å². The van der Waals surface area contributed by atoms with Gasteiger partial charge < -0.3 is 11.5 Å². The quantitative estimate of drug-likeness (QED) is 0.116. The van der Waals surface area contributed by atoms with E-state index in [9.17, 15) is 9.59 Å².